The van der Waals surface area contributed by atoms with Crippen LogP contribution in [0.3, 0.4) is 0 Å². The summed E-state index contributed by atoms with van der Waals surface area (Å²) < 4.78 is 44.4. The Morgan fingerprint density at radius 2 is 1.96 bits per heavy atom. The number of hydrogen-bond acceptors (Lipinski definition) is 3. The Hall–Kier alpha value is -2.25. The number of carbonyl (C=O) groups excluding carboxylic acids is 2. The van der Waals surface area contributed by atoms with Gasteiger partial charge in [-0.1, -0.05) is 12.1 Å². The van der Waals surface area contributed by atoms with E-state index < -0.39 is 17.8 Å². The molecule has 5 nitrogen and oxygen atoms in total. The van der Waals surface area contributed by atoms with Crippen molar-refractivity contribution in [2.75, 3.05) is 26.2 Å². The molecule has 1 aromatic rings. The molecule has 0 radical (unpaired) electrons. The van der Waals surface area contributed by atoms with Crippen LogP contribution in [0.1, 0.15) is 35.4 Å². The van der Waals surface area contributed by atoms with Crippen LogP contribution in [0, 0.1) is 24.7 Å². The standard InChI is InChI=1S/C20H23F3N2O3/c1-11-13(5-2-6-16(11)20(21,22)23)17-14-9-25(10-15(14)17)18(26)12-4-3-7-28-19(27)24-8-12/h2,5-6,12,14-15,17H,3-4,7-10H2,1H3,(H,24,27)/t12-,14-,15+,17+/m1/s1. The van der Waals surface area contributed by atoms with E-state index in [0.717, 1.165) is 11.6 Å². The molecule has 2 aliphatic heterocycles. The lowest BCUT2D eigenvalue weighted by molar-refractivity contribution is -0.138. The number of rotatable bonds is 2. The summed E-state index contributed by atoms with van der Waals surface area (Å²) in [5.74, 6) is 0.292. The number of nitrogens with zero attached hydrogens (tertiary/aromatic N) is 1. The third-order valence-electron chi connectivity index (χ3n) is 6.32. The Balaban J connectivity index is 1.41. The molecule has 0 unspecified atom stereocenters. The lowest BCUT2D eigenvalue weighted by Gasteiger charge is -2.27. The van der Waals surface area contributed by atoms with Gasteiger partial charge < -0.3 is 15.0 Å². The minimum Gasteiger partial charge on any atom is -0.450 e. The molecular weight excluding hydrogens is 373 g/mol. The summed E-state index contributed by atoms with van der Waals surface area (Å²) in [5, 5.41) is 2.61. The Morgan fingerprint density at radius 1 is 1.25 bits per heavy atom. The second kappa shape index (κ2) is 6.97. The fourth-order valence-corrected chi connectivity index (χ4v) is 4.81. The van der Waals surface area contributed by atoms with Crippen molar-refractivity contribution in [2.45, 2.75) is 31.9 Å². The van der Waals surface area contributed by atoms with E-state index >= 15 is 0 Å². The summed E-state index contributed by atoms with van der Waals surface area (Å²) in [7, 11) is 0. The maximum atomic E-state index is 13.2. The van der Waals surface area contributed by atoms with Gasteiger partial charge in [0.25, 0.3) is 0 Å². The molecule has 152 valence electrons. The van der Waals surface area contributed by atoms with Gasteiger partial charge in [-0.25, -0.2) is 4.79 Å². The van der Waals surface area contributed by atoms with Crippen molar-refractivity contribution in [3.8, 4) is 0 Å². The van der Waals surface area contributed by atoms with Crippen LogP contribution in [0.5, 0.6) is 0 Å². The molecule has 2 heterocycles. The second-order valence-corrected chi connectivity index (χ2v) is 7.97. The van der Waals surface area contributed by atoms with E-state index in [1.165, 1.54) is 13.0 Å². The molecule has 0 bridgehead atoms. The van der Waals surface area contributed by atoms with Crippen molar-refractivity contribution in [3.05, 3.63) is 34.9 Å². The normalized spacial score (nSPS) is 30.0. The largest absolute Gasteiger partial charge is 0.450 e. The van der Waals surface area contributed by atoms with Gasteiger partial charge in [0.05, 0.1) is 18.1 Å². The molecule has 3 aliphatic rings. The number of fused-ring (bicyclic) bond motifs is 1. The SMILES string of the molecule is Cc1c([C@H]2[C@@H]3CN(C(=O)[C@@H]4CCCOC(=O)NC4)C[C@@H]32)cccc1C(F)(F)F. The van der Waals surface area contributed by atoms with E-state index in [1.807, 2.05) is 4.90 Å². The molecule has 1 aromatic carbocycles. The zero-order valence-electron chi connectivity index (χ0n) is 15.6. The van der Waals surface area contributed by atoms with Crippen molar-refractivity contribution in [3.63, 3.8) is 0 Å². The zero-order chi connectivity index (χ0) is 20.1. The van der Waals surface area contributed by atoms with E-state index in [-0.39, 0.29) is 36.1 Å². The summed E-state index contributed by atoms with van der Waals surface area (Å²) in [6, 6.07) is 4.38. The van der Waals surface area contributed by atoms with Gasteiger partial charge in [-0.2, -0.15) is 13.2 Å². The highest BCUT2D eigenvalue weighted by atomic mass is 19.4. The summed E-state index contributed by atoms with van der Waals surface area (Å²) in [6.45, 7) is 3.25. The monoisotopic (exact) mass is 396 g/mol. The number of likely N-dealkylation sites (tertiary alicyclic amines) is 1. The number of alkyl carbamates (subject to hydrolysis) is 1. The zero-order valence-corrected chi connectivity index (χ0v) is 15.6. The van der Waals surface area contributed by atoms with Crippen LogP contribution in [0.15, 0.2) is 18.2 Å². The molecule has 1 saturated carbocycles. The lowest BCUT2D eigenvalue weighted by atomic mass is 9.96. The third-order valence-corrected chi connectivity index (χ3v) is 6.32. The molecule has 4 rings (SSSR count). The first-order valence-electron chi connectivity index (χ1n) is 9.63. The molecule has 28 heavy (non-hydrogen) atoms. The summed E-state index contributed by atoms with van der Waals surface area (Å²) in [4.78, 5) is 26.0. The summed E-state index contributed by atoms with van der Waals surface area (Å²) in [5.41, 5.74) is 0.484. The average Bonchev–Trinajstić information content (AvgIpc) is 3.09. The Morgan fingerprint density at radius 3 is 2.64 bits per heavy atom. The van der Waals surface area contributed by atoms with E-state index in [1.54, 1.807) is 6.07 Å². The molecule has 0 spiro atoms. The fourth-order valence-electron chi connectivity index (χ4n) is 4.81. The number of carbonyl (C=O) groups is 2. The molecule has 3 fully saturated rings. The van der Waals surface area contributed by atoms with E-state index in [2.05, 4.69) is 5.32 Å². The summed E-state index contributed by atoms with van der Waals surface area (Å²) in [6.07, 6.45) is -3.54. The number of alkyl halides is 3. The van der Waals surface area contributed by atoms with Crippen LogP contribution >= 0.6 is 0 Å². The number of nitrogens with one attached hydrogen (secondary N) is 1. The molecule has 8 heteroatoms. The van der Waals surface area contributed by atoms with E-state index in [9.17, 15) is 22.8 Å². The highest BCUT2D eigenvalue weighted by Gasteiger charge is 2.58. The van der Waals surface area contributed by atoms with Crippen molar-refractivity contribution in [2.24, 2.45) is 17.8 Å². The van der Waals surface area contributed by atoms with Crippen LogP contribution in [0.2, 0.25) is 0 Å². The van der Waals surface area contributed by atoms with Crippen molar-refractivity contribution in [1.29, 1.82) is 0 Å². The van der Waals surface area contributed by atoms with E-state index in [4.69, 9.17) is 4.74 Å². The first kappa shape index (κ1) is 19.1. The number of ether oxygens (including phenoxy) is 1. The molecule has 2 amide bonds. The molecule has 4 atom stereocenters. The molecule has 1 N–H and O–H groups in total. The van der Waals surface area contributed by atoms with Gasteiger partial charge in [0.2, 0.25) is 5.91 Å². The number of hydrogen-bond donors (Lipinski definition) is 1. The Kier molecular flexibility index (Phi) is 4.75. The van der Waals surface area contributed by atoms with Gasteiger partial charge in [0, 0.05) is 19.6 Å². The van der Waals surface area contributed by atoms with Crippen molar-refractivity contribution < 1.29 is 27.5 Å². The molecule has 0 aromatic heterocycles. The van der Waals surface area contributed by atoms with Crippen LogP contribution < -0.4 is 5.32 Å². The molecular formula is C20H23F3N2O3. The lowest BCUT2D eigenvalue weighted by Crippen LogP contribution is -2.43. The van der Waals surface area contributed by atoms with Crippen molar-refractivity contribution in [1.82, 2.24) is 10.2 Å². The van der Waals surface area contributed by atoms with Gasteiger partial charge in [-0.15, -0.1) is 0 Å². The fraction of sp³-hybridized carbons (Fsp3) is 0.600. The maximum absolute atomic E-state index is 13.2. The van der Waals surface area contributed by atoms with Crippen LogP contribution in [0.4, 0.5) is 18.0 Å². The number of piperidine rings is 1. The minimum atomic E-state index is -4.35. The number of halogens is 3. The minimum absolute atomic E-state index is 0.0221. The quantitative estimate of drug-likeness (QED) is 0.834. The van der Waals surface area contributed by atoms with Crippen LogP contribution in [-0.2, 0) is 15.7 Å². The average molecular weight is 396 g/mol. The van der Waals surface area contributed by atoms with E-state index in [0.29, 0.717) is 38.1 Å². The predicted octanol–water partition coefficient (Wildman–Crippen LogP) is 3.32. The number of amides is 2. The van der Waals surface area contributed by atoms with Gasteiger partial charge >= 0.3 is 12.3 Å². The third kappa shape index (κ3) is 3.44. The smallest absolute Gasteiger partial charge is 0.416 e. The Labute approximate surface area is 161 Å². The number of cyclic esters (lactones) is 1. The number of benzene rings is 1. The summed E-state index contributed by atoms with van der Waals surface area (Å²) >= 11 is 0. The predicted molar refractivity (Wildman–Crippen MR) is 94.6 cm³/mol. The Bertz CT molecular complexity index is 783. The first-order chi connectivity index (χ1) is 13.3. The van der Waals surface area contributed by atoms with Gasteiger partial charge in [-0.3, -0.25) is 4.79 Å². The first-order valence-corrected chi connectivity index (χ1v) is 9.63. The highest BCUT2D eigenvalue weighted by molar-refractivity contribution is 5.80. The van der Waals surface area contributed by atoms with Gasteiger partial charge in [-0.05, 0) is 54.7 Å². The highest BCUT2D eigenvalue weighted by Crippen LogP contribution is 2.59. The van der Waals surface area contributed by atoms with Gasteiger partial charge in [0.1, 0.15) is 0 Å². The van der Waals surface area contributed by atoms with Gasteiger partial charge in [0.15, 0.2) is 0 Å². The topological polar surface area (TPSA) is 58.6 Å². The van der Waals surface area contributed by atoms with Crippen LogP contribution in [0.25, 0.3) is 0 Å². The molecule has 1 aliphatic carbocycles. The molecule has 2 saturated heterocycles. The van der Waals surface area contributed by atoms with Crippen LogP contribution in [-0.4, -0.2) is 43.1 Å². The van der Waals surface area contributed by atoms with Crippen molar-refractivity contribution >= 4 is 12.0 Å². The second-order valence-electron chi connectivity index (χ2n) is 7.97. The maximum Gasteiger partial charge on any atom is 0.416 e.